The fourth-order valence-electron chi connectivity index (χ4n) is 1.36. The van der Waals surface area contributed by atoms with Crippen LogP contribution in [0.15, 0.2) is 23.4 Å². The lowest BCUT2D eigenvalue weighted by atomic mass is 10.3. The first-order chi connectivity index (χ1) is 6.89. The molecule has 0 aliphatic rings. The second-order valence-corrected chi connectivity index (χ2v) is 4.66. The third-order valence-corrected chi connectivity index (χ3v) is 2.86. The second kappa shape index (κ2) is 3.01. The van der Waals surface area contributed by atoms with Crippen LogP contribution in [0.1, 0.15) is 5.56 Å². The molecular weight excluding hydrogens is 221 g/mol. The fraction of sp³-hybridized carbons (Fsp3) is 0.125. The van der Waals surface area contributed by atoms with E-state index in [1.54, 1.807) is 13.0 Å². The van der Waals surface area contributed by atoms with Gasteiger partial charge >= 0.3 is 0 Å². The van der Waals surface area contributed by atoms with Gasteiger partial charge in [-0.1, -0.05) is 6.07 Å². The van der Waals surface area contributed by atoms with E-state index in [1.807, 2.05) is 0 Å². The number of rotatable bonds is 1. The Bertz CT molecular complexity index is 633. The van der Waals surface area contributed by atoms with E-state index in [9.17, 15) is 12.8 Å². The van der Waals surface area contributed by atoms with Crippen LogP contribution in [0.3, 0.4) is 0 Å². The van der Waals surface area contributed by atoms with E-state index in [-0.39, 0.29) is 5.65 Å². The average molecular weight is 229 g/mol. The Balaban J connectivity index is 2.95. The van der Waals surface area contributed by atoms with E-state index in [0.29, 0.717) is 0 Å². The van der Waals surface area contributed by atoms with Crippen LogP contribution in [-0.2, 0) is 10.0 Å². The predicted molar refractivity (Wildman–Crippen MR) is 51.3 cm³/mol. The van der Waals surface area contributed by atoms with E-state index >= 15 is 0 Å². The summed E-state index contributed by atoms with van der Waals surface area (Å²) in [5, 5.41) is 4.28. The number of aromatic nitrogens is 2. The van der Waals surface area contributed by atoms with E-state index in [1.165, 1.54) is 12.3 Å². The summed E-state index contributed by atoms with van der Waals surface area (Å²) in [5.41, 5.74) is 0.993. The molecule has 15 heavy (non-hydrogen) atoms. The Labute approximate surface area is 85.4 Å². The molecule has 0 amide bonds. The van der Waals surface area contributed by atoms with Crippen molar-refractivity contribution in [1.29, 1.82) is 0 Å². The third-order valence-electron chi connectivity index (χ3n) is 1.95. The summed E-state index contributed by atoms with van der Waals surface area (Å²) in [4.78, 5) is 3.46. The van der Waals surface area contributed by atoms with Crippen molar-refractivity contribution in [3.63, 3.8) is 0 Å². The maximum atomic E-state index is 13.2. The summed E-state index contributed by atoms with van der Waals surface area (Å²) in [5.74, 6) is -1.08. The van der Waals surface area contributed by atoms with Gasteiger partial charge in [-0.15, -0.1) is 0 Å². The van der Waals surface area contributed by atoms with Gasteiger partial charge < -0.3 is 0 Å². The van der Waals surface area contributed by atoms with Gasteiger partial charge in [-0.25, -0.2) is 13.6 Å². The molecular formula is C8H8FN3O2S. The molecule has 0 saturated carbocycles. The van der Waals surface area contributed by atoms with Gasteiger partial charge in [-0.2, -0.15) is 9.37 Å². The van der Waals surface area contributed by atoms with Crippen LogP contribution in [0.5, 0.6) is 0 Å². The van der Waals surface area contributed by atoms with E-state index in [0.717, 1.165) is 9.96 Å². The van der Waals surface area contributed by atoms with Crippen molar-refractivity contribution in [3.05, 3.63) is 29.8 Å². The first-order valence-electron chi connectivity index (χ1n) is 4.06. The Kier molecular flexibility index (Phi) is 2.02. The van der Waals surface area contributed by atoms with Gasteiger partial charge in [-0.3, -0.25) is 4.40 Å². The van der Waals surface area contributed by atoms with E-state index < -0.39 is 21.0 Å². The molecule has 0 aliphatic heterocycles. The Morgan fingerprint density at radius 2 is 2.13 bits per heavy atom. The molecule has 80 valence electrons. The normalized spacial score (nSPS) is 12.2. The number of primary sulfonamides is 1. The first kappa shape index (κ1) is 10.1. The third kappa shape index (κ3) is 1.59. The number of halogens is 1. The van der Waals surface area contributed by atoms with Crippen LogP contribution in [0, 0.1) is 12.9 Å². The molecule has 0 radical (unpaired) electrons. The Morgan fingerprint density at radius 3 is 2.73 bits per heavy atom. The predicted octanol–water partition coefficient (Wildman–Crippen LogP) is 0.429. The quantitative estimate of drug-likeness (QED) is 0.770. The minimum Gasteiger partial charge on any atom is -0.287 e. The lowest BCUT2D eigenvalue weighted by Gasteiger charge is -1.99. The summed E-state index contributed by atoms with van der Waals surface area (Å²) in [6.07, 6.45) is 1.46. The van der Waals surface area contributed by atoms with Gasteiger partial charge in [0.15, 0.2) is 0 Å². The minimum atomic E-state index is -4.11. The fourth-order valence-corrected chi connectivity index (χ4v) is 2.06. The van der Waals surface area contributed by atoms with Crippen LogP contribution in [-0.4, -0.2) is 17.8 Å². The second-order valence-electron chi connectivity index (χ2n) is 3.19. The number of nitrogens with two attached hydrogens (primary N) is 1. The molecule has 2 aromatic rings. The molecule has 0 saturated heterocycles. The van der Waals surface area contributed by atoms with Crippen LogP contribution < -0.4 is 5.14 Å². The highest BCUT2D eigenvalue weighted by Gasteiger charge is 2.21. The molecule has 2 rings (SSSR count). The molecule has 5 nitrogen and oxygen atoms in total. The van der Waals surface area contributed by atoms with Gasteiger partial charge in [0.2, 0.25) is 5.03 Å². The van der Waals surface area contributed by atoms with Crippen molar-refractivity contribution in [2.75, 3.05) is 0 Å². The standard InChI is InChI=1S/C8H8FN3O2S/c1-5-2-3-6-11-7(9)8(12(6)4-5)15(10,13)14/h2-4H,1H3,(H2,10,13,14). The first-order valence-corrected chi connectivity index (χ1v) is 5.61. The Morgan fingerprint density at radius 1 is 1.47 bits per heavy atom. The van der Waals surface area contributed by atoms with Gasteiger partial charge in [0, 0.05) is 6.20 Å². The van der Waals surface area contributed by atoms with Gasteiger partial charge in [-0.05, 0) is 18.6 Å². The average Bonchev–Trinajstić information content (AvgIpc) is 2.38. The van der Waals surface area contributed by atoms with Crippen LogP contribution in [0.25, 0.3) is 5.65 Å². The van der Waals surface area contributed by atoms with Gasteiger partial charge in [0.05, 0.1) is 0 Å². The number of pyridine rings is 1. The SMILES string of the molecule is Cc1ccc2nc(F)c(S(N)(=O)=O)n2c1. The monoisotopic (exact) mass is 229 g/mol. The van der Waals surface area contributed by atoms with Crippen molar-refractivity contribution >= 4 is 15.7 Å². The minimum absolute atomic E-state index is 0.210. The van der Waals surface area contributed by atoms with E-state index in [2.05, 4.69) is 4.98 Å². The summed E-state index contributed by atoms with van der Waals surface area (Å²) in [6.45, 7) is 1.75. The van der Waals surface area contributed by atoms with Crippen LogP contribution >= 0.6 is 0 Å². The number of hydrogen-bond acceptors (Lipinski definition) is 3. The van der Waals surface area contributed by atoms with Crippen molar-refractivity contribution in [1.82, 2.24) is 9.38 Å². The molecule has 0 bridgehead atoms. The largest absolute Gasteiger partial charge is 0.287 e. The highest BCUT2D eigenvalue weighted by molar-refractivity contribution is 7.89. The molecule has 2 heterocycles. The van der Waals surface area contributed by atoms with Crippen LogP contribution in [0.4, 0.5) is 4.39 Å². The smallest absolute Gasteiger partial charge is 0.258 e. The lowest BCUT2D eigenvalue weighted by Crippen LogP contribution is -2.16. The molecule has 2 aromatic heterocycles. The molecule has 0 unspecified atom stereocenters. The molecule has 0 atom stereocenters. The molecule has 0 aromatic carbocycles. The molecule has 7 heteroatoms. The number of sulfonamides is 1. The maximum Gasteiger partial charge on any atom is 0.258 e. The molecule has 0 fully saturated rings. The summed E-state index contributed by atoms with van der Waals surface area (Å²) < 4.78 is 36.6. The number of fused-ring (bicyclic) bond motifs is 1. The topological polar surface area (TPSA) is 77.5 Å². The zero-order chi connectivity index (χ0) is 11.2. The van der Waals surface area contributed by atoms with Crippen LogP contribution in [0.2, 0.25) is 0 Å². The van der Waals surface area contributed by atoms with E-state index in [4.69, 9.17) is 5.14 Å². The van der Waals surface area contributed by atoms with Crippen molar-refractivity contribution in [2.24, 2.45) is 5.14 Å². The summed E-state index contributed by atoms with van der Waals surface area (Å²) in [7, 11) is -4.11. The van der Waals surface area contributed by atoms with Crippen molar-refractivity contribution in [2.45, 2.75) is 11.9 Å². The van der Waals surface area contributed by atoms with Gasteiger partial charge in [0.1, 0.15) is 5.65 Å². The Hall–Kier alpha value is -1.47. The maximum absolute atomic E-state index is 13.2. The van der Waals surface area contributed by atoms with Gasteiger partial charge in [0.25, 0.3) is 16.0 Å². The zero-order valence-corrected chi connectivity index (χ0v) is 8.62. The summed E-state index contributed by atoms with van der Waals surface area (Å²) in [6, 6.07) is 3.22. The highest BCUT2D eigenvalue weighted by Crippen LogP contribution is 2.16. The molecule has 0 aliphatic carbocycles. The summed E-state index contributed by atoms with van der Waals surface area (Å²) >= 11 is 0. The van der Waals surface area contributed by atoms with Crippen molar-refractivity contribution < 1.29 is 12.8 Å². The molecule has 0 spiro atoms. The number of imidazole rings is 1. The number of hydrogen-bond donors (Lipinski definition) is 1. The highest BCUT2D eigenvalue weighted by atomic mass is 32.2. The number of aryl methyl sites for hydroxylation is 1. The lowest BCUT2D eigenvalue weighted by molar-refractivity contribution is 0.539. The zero-order valence-electron chi connectivity index (χ0n) is 7.81. The number of nitrogens with zero attached hydrogens (tertiary/aromatic N) is 2. The van der Waals surface area contributed by atoms with Crippen molar-refractivity contribution in [3.8, 4) is 0 Å². The molecule has 2 N–H and O–H groups in total.